The summed E-state index contributed by atoms with van der Waals surface area (Å²) in [5.41, 5.74) is 9.78. The molecule has 3 N–H and O–H groups in total. The molecule has 12 nitrogen and oxygen atoms in total. The van der Waals surface area contributed by atoms with Gasteiger partial charge in [0.1, 0.15) is 11.5 Å². The Morgan fingerprint density at radius 1 is 1.10 bits per heavy atom. The van der Waals surface area contributed by atoms with Crippen LogP contribution in [0.4, 0.5) is 17.3 Å². The molecule has 1 fully saturated rings. The highest BCUT2D eigenvalue weighted by molar-refractivity contribution is 7.92. The third-order valence-corrected chi connectivity index (χ3v) is 8.82. The molecule has 2 aromatic carbocycles. The molecule has 2 aromatic heterocycles. The summed E-state index contributed by atoms with van der Waals surface area (Å²) < 4.78 is 38.9. The highest BCUT2D eigenvalue weighted by Gasteiger charge is 2.23. The minimum atomic E-state index is -3.54. The van der Waals surface area contributed by atoms with Gasteiger partial charge in [-0.2, -0.15) is 0 Å². The van der Waals surface area contributed by atoms with Gasteiger partial charge in [-0.25, -0.2) is 17.9 Å². The van der Waals surface area contributed by atoms with Crippen molar-refractivity contribution < 1.29 is 22.7 Å². The third-order valence-electron chi connectivity index (χ3n) is 7.63. The Labute approximate surface area is 245 Å². The summed E-state index contributed by atoms with van der Waals surface area (Å²) >= 11 is 0. The molecule has 5 rings (SSSR count). The Morgan fingerprint density at radius 3 is 2.52 bits per heavy atom. The Bertz CT molecular complexity index is 1710. The summed E-state index contributed by atoms with van der Waals surface area (Å²) in [5, 5.41) is 8.00. The standard InChI is InChI=1S/C29H35N7O5S/c1-34(42(4,38)39)26-16-22(40-2)7-8-23(26)25-10-6-21-17-31-29(33-36(21)25)32-24-9-5-20(15-27(24)41-3)19-11-13-35(14-12-19)18-28(30)37/h5-10,15-17,19H,11-14,18H2,1-4H3,(H2,30,37)(H,32,33). The van der Waals surface area contributed by atoms with Gasteiger partial charge < -0.3 is 20.5 Å². The number of rotatable bonds is 10. The number of ether oxygens (including phenoxy) is 2. The second-order valence-corrected chi connectivity index (χ2v) is 12.4. The summed E-state index contributed by atoms with van der Waals surface area (Å²) in [6.45, 7) is 1.93. The van der Waals surface area contributed by atoms with E-state index in [4.69, 9.17) is 20.3 Å². The van der Waals surface area contributed by atoms with Crippen molar-refractivity contribution >= 4 is 38.8 Å². The predicted molar refractivity (Wildman–Crippen MR) is 162 cm³/mol. The third kappa shape index (κ3) is 6.11. The molecule has 0 radical (unpaired) electrons. The van der Waals surface area contributed by atoms with Gasteiger partial charge in [-0.3, -0.25) is 14.0 Å². The van der Waals surface area contributed by atoms with Crippen LogP contribution >= 0.6 is 0 Å². The highest BCUT2D eigenvalue weighted by Crippen LogP contribution is 2.37. The molecule has 0 atom stereocenters. The van der Waals surface area contributed by atoms with Crippen molar-refractivity contribution in [2.45, 2.75) is 18.8 Å². The molecule has 0 spiro atoms. The SMILES string of the molecule is COc1ccc(-c2ccc3cnc(Nc4ccc(C5CCN(CC(N)=O)CC5)cc4OC)nn23)c(N(C)S(C)(=O)=O)c1. The fourth-order valence-corrected chi connectivity index (χ4v) is 5.80. The van der Waals surface area contributed by atoms with Crippen LogP contribution in [0.3, 0.4) is 0 Å². The fourth-order valence-electron chi connectivity index (χ4n) is 5.29. The maximum atomic E-state index is 12.4. The van der Waals surface area contributed by atoms with E-state index in [2.05, 4.69) is 21.3 Å². The quantitative estimate of drug-likeness (QED) is 0.283. The van der Waals surface area contributed by atoms with E-state index in [1.54, 1.807) is 30.0 Å². The van der Waals surface area contributed by atoms with Gasteiger partial charge in [-0.1, -0.05) is 6.07 Å². The number of nitrogens with zero attached hydrogens (tertiary/aromatic N) is 5. The normalized spacial score (nSPS) is 14.6. The lowest BCUT2D eigenvalue weighted by Crippen LogP contribution is -2.39. The lowest BCUT2D eigenvalue weighted by molar-refractivity contribution is -0.119. The first-order valence-electron chi connectivity index (χ1n) is 13.5. The zero-order chi connectivity index (χ0) is 30.0. The number of hydrogen-bond donors (Lipinski definition) is 2. The van der Waals surface area contributed by atoms with Crippen molar-refractivity contribution in [3.8, 4) is 22.8 Å². The number of nitrogens with two attached hydrogens (primary N) is 1. The number of primary amides is 1. The summed E-state index contributed by atoms with van der Waals surface area (Å²) in [7, 11) is 1.13. The van der Waals surface area contributed by atoms with E-state index in [1.807, 2.05) is 30.3 Å². The first-order valence-corrected chi connectivity index (χ1v) is 15.3. The van der Waals surface area contributed by atoms with E-state index in [-0.39, 0.29) is 5.91 Å². The molecule has 0 saturated carbocycles. The molecule has 3 heterocycles. The monoisotopic (exact) mass is 593 g/mol. The number of nitrogens with one attached hydrogen (secondary N) is 1. The number of fused-ring (bicyclic) bond motifs is 1. The summed E-state index contributed by atoms with van der Waals surface area (Å²) in [6.07, 6.45) is 4.72. The Hall–Kier alpha value is -4.36. The van der Waals surface area contributed by atoms with E-state index >= 15 is 0 Å². The average Bonchev–Trinajstić information content (AvgIpc) is 3.39. The van der Waals surface area contributed by atoms with Gasteiger partial charge in [0.05, 0.1) is 55.8 Å². The van der Waals surface area contributed by atoms with Crippen LogP contribution in [0.2, 0.25) is 0 Å². The minimum absolute atomic E-state index is 0.292. The molecule has 1 saturated heterocycles. The largest absolute Gasteiger partial charge is 0.497 e. The highest BCUT2D eigenvalue weighted by atomic mass is 32.2. The van der Waals surface area contributed by atoms with Crippen LogP contribution in [0.15, 0.2) is 54.7 Å². The number of hydrogen-bond acceptors (Lipinski definition) is 9. The molecular weight excluding hydrogens is 558 g/mol. The zero-order valence-electron chi connectivity index (χ0n) is 24.1. The van der Waals surface area contributed by atoms with Crippen molar-refractivity contribution in [2.75, 3.05) is 56.8 Å². The number of benzene rings is 2. The summed E-state index contributed by atoms with van der Waals surface area (Å²) in [4.78, 5) is 17.8. The van der Waals surface area contributed by atoms with Gasteiger partial charge in [-0.15, -0.1) is 5.10 Å². The van der Waals surface area contributed by atoms with Crippen LogP contribution in [0, 0.1) is 0 Å². The van der Waals surface area contributed by atoms with Crippen LogP contribution in [0.25, 0.3) is 16.8 Å². The number of amides is 1. The number of carbonyl (C=O) groups excluding carboxylic acids is 1. The van der Waals surface area contributed by atoms with Gasteiger partial charge >= 0.3 is 0 Å². The van der Waals surface area contributed by atoms with Gasteiger partial charge in [0.2, 0.25) is 21.9 Å². The molecule has 1 amide bonds. The smallest absolute Gasteiger partial charge is 0.245 e. The predicted octanol–water partition coefficient (Wildman–Crippen LogP) is 3.22. The van der Waals surface area contributed by atoms with Gasteiger partial charge in [0, 0.05) is 18.7 Å². The van der Waals surface area contributed by atoms with Gasteiger partial charge in [0.15, 0.2) is 0 Å². The number of sulfonamides is 1. The van der Waals surface area contributed by atoms with Crippen molar-refractivity contribution in [2.24, 2.45) is 5.73 Å². The molecule has 0 unspecified atom stereocenters. The summed E-state index contributed by atoms with van der Waals surface area (Å²) in [6, 6.07) is 15.1. The topological polar surface area (TPSA) is 144 Å². The van der Waals surface area contributed by atoms with Crippen LogP contribution in [-0.2, 0) is 14.8 Å². The van der Waals surface area contributed by atoms with Crippen LogP contribution < -0.4 is 24.8 Å². The van der Waals surface area contributed by atoms with Gasteiger partial charge in [-0.05, 0) is 73.8 Å². The van der Waals surface area contributed by atoms with E-state index < -0.39 is 10.0 Å². The minimum Gasteiger partial charge on any atom is -0.497 e. The first-order chi connectivity index (χ1) is 20.1. The molecule has 1 aliphatic heterocycles. The second-order valence-electron chi connectivity index (χ2n) is 10.4. The van der Waals surface area contributed by atoms with Crippen molar-refractivity contribution in [3.63, 3.8) is 0 Å². The number of likely N-dealkylation sites (tertiary alicyclic amines) is 1. The molecule has 4 aromatic rings. The zero-order valence-corrected chi connectivity index (χ0v) is 24.9. The van der Waals surface area contributed by atoms with E-state index in [0.717, 1.165) is 37.7 Å². The van der Waals surface area contributed by atoms with Crippen molar-refractivity contribution in [3.05, 3.63) is 60.3 Å². The Balaban J connectivity index is 1.43. The Morgan fingerprint density at radius 2 is 1.86 bits per heavy atom. The van der Waals surface area contributed by atoms with Crippen LogP contribution in [0.5, 0.6) is 11.5 Å². The molecule has 0 bridgehead atoms. The molecule has 222 valence electrons. The molecule has 1 aliphatic rings. The summed E-state index contributed by atoms with van der Waals surface area (Å²) in [5.74, 6) is 1.60. The molecule has 42 heavy (non-hydrogen) atoms. The number of aromatic nitrogens is 3. The van der Waals surface area contributed by atoms with Crippen molar-refractivity contribution in [1.82, 2.24) is 19.5 Å². The second kappa shape index (κ2) is 11.9. The number of methoxy groups -OCH3 is 2. The molecule has 13 heteroatoms. The first kappa shape index (κ1) is 29.1. The number of piperidine rings is 1. The lowest BCUT2D eigenvalue weighted by Gasteiger charge is -2.31. The Kier molecular flexibility index (Phi) is 8.23. The van der Waals surface area contributed by atoms with Crippen LogP contribution in [0.1, 0.15) is 24.3 Å². The maximum Gasteiger partial charge on any atom is 0.245 e. The number of carbonyl (C=O) groups is 1. The van der Waals surface area contributed by atoms with E-state index in [1.165, 1.54) is 24.0 Å². The average molecular weight is 594 g/mol. The lowest BCUT2D eigenvalue weighted by atomic mass is 9.89. The van der Waals surface area contributed by atoms with Crippen molar-refractivity contribution in [1.29, 1.82) is 0 Å². The number of anilines is 3. The molecular formula is C29H35N7O5S. The van der Waals surface area contributed by atoms with E-state index in [9.17, 15) is 13.2 Å². The van der Waals surface area contributed by atoms with E-state index in [0.29, 0.717) is 52.5 Å². The van der Waals surface area contributed by atoms with Gasteiger partial charge in [0.25, 0.3) is 0 Å². The maximum absolute atomic E-state index is 12.4. The fraction of sp³-hybridized carbons (Fsp3) is 0.345. The molecule has 0 aliphatic carbocycles. The van der Waals surface area contributed by atoms with Crippen LogP contribution in [-0.4, -0.2) is 81.0 Å².